The van der Waals surface area contributed by atoms with Crippen LogP contribution in [0.2, 0.25) is 0 Å². The van der Waals surface area contributed by atoms with Crippen LogP contribution in [0.1, 0.15) is 19.3 Å². The Hall–Kier alpha value is -1.98. The summed E-state index contributed by atoms with van der Waals surface area (Å²) in [4.78, 5) is 22.7. The van der Waals surface area contributed by atoms with Crippen LogP contribution in [-0.2, 0) is 19.1 Å². The average Bonchev–Trinajstić information content (AvgIpc) is 2.40. The van der Waals surface area contributed by atoms with Crippen molar-refractivity contribution in [2.45, 2.75) is 19.3 Å². The van der Waals surface area contributed by atoms with Crippen LogP contribution in [0.15, 0.2) is 25.7 Å². The predicted molar refractivity (Wildman–Crippen MR) is 72.2 cm³/mol. The van der Waals surface area contributed by atoms with Crippen molar-refractivity contribution in [1.82, 2.24) is 10.6 Å². The van der Waals surface area contributed by atoms with Crippen molar-refractivity contribution in [1.29, 1.82) is 0 Å². The van der Waals surface area contributed by atoms with Crippen molar-refractivity contribution < 1.29 is 19.1 Å². The minimum Gasteiger partial charge on any atom is -0.500 e. The van der Waals surface area contributed by atoms with Crippen molar-refractivity contribution in [3.05, 3.63) is 25.7 Å². The van der Waals surface area contributed by atoms with E-state index in [1.165, 1.54) is 12.5 Å². The number of hydrogen-bond acceptors (Lipinski definition) is 4. The Bertz CT molecular complexity index is 264. The first kappa shape index (κ1) is 17.0. The van der Waals surface area contributed by atoms with E-state index in [9.17, 15) is 9.59 Å². The number of rotatable bonds is 12. The largest absolute Gasteiger partial charge is 0.500 e. The standard InChI is InChI=1S/C13H22N2O4/c1-3-18-10-8-14-12(16)6-5-7-13(17)15-9-11-19-4-2/h3-4H,1-2,5-11H2,(H,14,16)(H,15,17). The summed E-state index contributed by atoms with van der Waals surface area (Å²) >= 11 is 0. The van der Waals surface area contributed by atoms with Gasteiger partial charge < -0.3 is 20.1 Å². The summed E-state index contributed by atoms with van der Waals surface area (Å²) in [7, 11) is 0. The van der Waals surface area contributed by atoms with Gasteiger partial charge in [0.15, 0.2) is 0 Å². The quantitative estimate of drug-likeness (QED) is 0.404. The third-order valence-electron chi connectivity index (χ3n) is 2.13. The van der Waals surface area contributed by atoms with Gasteiger partial charge in [0.2, 0.25) is 11.8 Å². The van der Waals surface area contributed by atoms with Gasteiger partial charge in [-0.3, -0.25) is 9.59 Å². The topological polar surface area (TPSA) is 76.7 Å². The Labute approximate surface area is 113 Å². The van der Waals surface area contributed by atoms with Gasteiger partial charge in [0, 0.05) is 12.8 Å². The molecular weight excluding hydrogens is 248 g/mol. The summed E-state index contributed by atoms with van der Waals surface area (Å²) in [5, 5.41) is 5.35. The number of nitrogens with one attached hydrogen (secondary N) is 2. The lowest BCUT2D eigenvalue weighted by atomic mass is 10.2. The van der Waals surface area contributed by atoms with Crippen LogP contribution in [0.5, 0.6) is 0 Å². The van der Waals surface area contributed by atoms with Gasteiger partial charge in [-0.25, -0.2) is 0 Å². The number of carbonyl (C=O) groups is 2. The van der Waals surface area contributed by atoms with Gasteiger partial charge in [-0.15, -0.1) is 0 Å². The van der Waals surface area contributed by atoms with Gasteiger partial charge in [0.05, 0.1) is 25.6 Å². The van der Waals surface area contributed by atoms with E-state index in [0.717, 1.165) is 0 Å². The summed E-state index contributed by atoms with van der Waals surface area (Å²) in [6.45, 7) is 8.46. The molecule has 0 aromatic rings. The number of carbonyl (C=O) groups excluding carboxylic acids is 2. The normalized spacial score (nSPS) is 9.26. The Morgan fingerprint density at radius 2 is 1.32 bits per heavy atom. The fourth-order valence-electron chi connectivity index (χ4n) is 1.25. The number of hydrogen-bond donors (Lipinski definition) is 2. The zero-order chi connectivity index (χ0) is 14.3. The van der Waals surface area contributed by atoms with Gasteiger partial charge in [-0.2, -0.15) is 0 Å². The summed E-state index contributed by atoms with van der Waals surface area (Å²) in [5.74, 6) is -0.175. The van der Waals surface area contributed by atoms with Crippen LogP contribution < -0.4 is 10.6 Å². The molecule has 0 aliphatic heterocycles. The summed E-state index contributed by atoms with van der Waals surface area (Å²) in [6.07, 6.45) is 3.82. The molecule has 0 atom stereocenters. The molecule has 0 aliphatic carbocycles. The van der Waals surface area contributed by atoms with E-state index >= 15 is 0 Å². The fraction of sp³-hybridized carbons (Fsp3) is 0.538. The Balaban J connectivity index is 3.40. The molecule has 0 unspecified atom stereocenters. The average molecular weight is 270 g/mol. The molecule has 0 rings (SSSR count). The van der Waals surface area contributed by atoms with Crippen molar-refractivity contribution in [2.75, 3.05) is 26.3 Å². The first-order valence-corrected chi connectivity index (χ1v) is 6.19. The maximum absolute atomic E-state index is 11.3. The summed E-state index contributed by atoms with van der Waals surface area (Å²) < 4.78 is 9.71. The molecule has 0 aliphatic rings. The second-order valence-electron chi connectivity index (χ2n) is 3.63. The van der Waals surface area contributed by atoms with E-state index in [2.05, 4.69) is 23.8 Å². The molecule has 2 amide bonds. The number of amides is 2. The van der Waals surface area contributed by atoms with Gasteiger partial charge >= 0.3 is 0 Å². The Kier molecular flexibility index (Phi) is 11.2. The SMILES string of the molecule is C=COCCNC(=O)CCCC(=O)NCCOC=C. The predicted octanol–water partition coefficient (Wildman–Crippen LogP) is 0.709. The molecule has 19 heavy (non-hydrogen) atoms. The lowest BCUT2D eigenvalue weighted by Gasteiger charge is -2.06. The van der Waals surface area contributed by atoms with Gasteiger partial charge in [-0.1, -0.05) is 13.2 Å². The maximum Gasteiger partial charge on any atom is 0.220 e. The molecule has 0 aromatic carbocycles. The molecule has 0 aromatic heterocycles. The molecule has 108 valence electrons. The molecule has 0 saturated heterocycles. The molecule has 6 nitrogen and oxygen atoms in total. The Morgan fingerprint density at radius 1 is 0.895 bits per heavy atom. The summed E-state index contributed by atoms with van der Waals surface area (Å²) in [6, 6.07) is 0. The van der Waals surface area contributed by atoms with Gasteiger partial charge in [-0.05, 0) is 6.42 Å². The van der Waals surface area contributed by atoms with Crippen LogP contribution in [-0.4, -0.2) is 38.1 Å². The first-order valence-electron chi connectivity index (χ1n) is 6.19. The third-order valence-corrected chi connectivity index (χ3v) is 2.13. The Morgan fingerprint density at radius 3 is 1.68 bits per heavy atom. The lowest BCUT2D eigenvalue weighted by molar-refractivity contribution is -0.122. The maximum atomic E-state index is 11.3. The van der Waals surface area contributed by atoms with E-state index in [0.29, 0.717) is 45.6 Å². The van der Waals surface area contributed by atoms with Crippen molar-refractivity contribution in [3.63, 3.8) is 0 Å². The molecule has 0 heterocycles. The highest BCUT2D eigenvalue weighted by Crippen LogP contribution is 1.95. The van der Waals surface area contributed by atoms with Crippen LogP contribution in [0.4, 0.5) is 0 Å². The smallest absolute Gasteiger partial charge is 0.220 e. The molecule has 0 radical (unpaired) electrons. The molecule has 0 spiro atoms. The van der Waals surface area contributed by atoms with Crippen molar-refractivity contribution >= 4 is 11.8 Å². The van der Waals surface area contributed by atoms with E-state index in [1.54, 1.807) is 0 Å². The first-order chi connectivity index (χ1) is 9.20. The van der Waals surface area contributed by atoms with Crippen LogP contribution in [0.3, 0.4) is 0 Å². The zero-order valence-electron chi connectivity index (χ0n) is 11.2. The van der Waals surface area contributed by atoms with E-state index < -0.39 is 0 Å². The van der Waals surface area contributed by atoms with Gasteiger partial charge in [0.25, 0.3) is 0 Å². The van der Waals surface area contributed by atoms with Crippen molar-refractivity contribution in [3.8, 4) is 0 Å². The highest BCUT2D eigenvalue weighted by molar-refractivity contribution is 5.78. The minimum absolute atomic E-state index is 0.0875. The van der Waals surface area contributed by atoms with Crippen LogP contribution in [0.25, 0.3) is 0 Å². The van der Waals surface area contributed by atoms with Gasteiger partial charge in [0.1, 0.15) is 13.2 Å². The second kappa shape index (κ2) is 12.5. The second-order valence-corrected chi connectivity index (χ2v) is 3.63. The number of ether oxygens (including phenoxy) is 2. The third kappa shape index (κ3) is 12.3. The molecule has 6 heteroatoms. The highest BCUT2D eigenvalue weighted by atomic mass is 16.5. The molecule has 0 fully saturated rings. The van der Waals surface area contributed by atoms with Crippen LogP contribution >= 0.6 is 0 Å². The molecular formula is C13H22N2O4. The lowest BCUT2D eigenvalue weighted by Crippen LogP contribution is -2.28. The van der Waals surface area contributed by atoms with E-state index in [-0.39, 0.29) is 11.8 Å². The monoisotopic (exact) mass is 270 g/mol. The molecule has 2 N–H and O–H groups in total. The van der Waals surface area contributed by atoms with E-state index in [4.69, 9.17) is 9.47 Å². The zero-order valence-corrected chi connectivity index (χ0v) is 11.2. The summed E-state index contributed by atoms with van der Waals surface area (Å²) in [5.41, 5.74) is 0. The van der Waals surface area contributed by atoms with Crippen LogP contribution in [0, 0.1) is 0 Å². The fourth-order valence-corrected chi connectivity index (χ4v) is 1.25. The molecule has 0 saturated carbocycles. The minimum atomic E-state index is -0.0875. The highest BCUT2D eigenvalue weighted by Gasteiger charge is 2.04. The van der Waals surface area contributed by atoms with E-state index in [1.807, 2.05) is 0 Å². The molecule has 0 bridgehead atoms. The van der Waals surface area contributed by atoms with Crippen molar-refractivity contribution in [2.24, 2.45) is 0 Å².